The lowest BCUT2D eigenvalue weighted by atomic mass is 9.94. The van der Waals surface area contributed by atoms with E-state index in [1.54, 1.807) is 24.5 Å². The van der Waals surface area contributed by atoms with E-state index in [9.17, 15) is 9.18 Å². The SMILES string of the molecule is O=c1[nH]nc(C2C(C3CC3)CCN2Cc2cc(F)cc(-c3cccnc3)c2)[nH]1. The summed E-state index contributed by atoms with van der Waals surface area (Å²) in [7, 11) is 0. The van der Waals surface area contributed by atoms with Crippen molar-refractivity contribution in [3.8, 4) is 11.1 Å². The molecule has 1 saturated carbocycles. The molecule has 3 aromatic rings. The van der Waals surface area contributed by atoms with Crippen molar-refractivity contribution in [1.29, 1.82) is 0 Å². The summed E-state index contributed by atoms with van der Waals surface area (Å²) in [5, 5.41) is 6.71. The quantitative estimate of drug-likeness (QED) is 0.713. The van der Waals surface area contributed by atoms with Crippen molar-refractivity contribution in [2.45, 2.75) is 31.8 Å². The number of aromatic amines is 2. The van der Waals surface area contributed by atoms with Gasteiger partial charge >= 0.3 is 5.69 Å². The van der Waals surface area contributed by atoms with Crippen LogP contribution in [-0.2, 0) is 6.54 Å². The fourth-order valence-corrected chi connectivity index (χ4v) is 4.55. The lowest BCUT2D eigenvalue weighted by molar-refractivity contribution is 0.201. The molecule has 28 heavy (non-hydrogen) atoms. The van der Waals surface area contributed by atoms with Crippen LogP contribution < -0.4 is 5.69 Å². The first-order valence-electron chi connectivity index (χ1n) is 9.76. The van der Waals surface area contributed by atoms with Crippen LogP contribution >= 0.6 is 0 Å². The minimum Gasteiger partial charge on any atom is -0.292 e. The van der Waals surface area contributed by atoms with Crippen molar-refractivity contribution < 1.29 is 4.39 Å². The van der Waals surface area contributed by atoms with Crippen LogP contribution in [0.3, 0.4) is 0 Å². The summed E-state index contributed by atoms with van der Waals surface area (Å²) in [5.74, 6) is 1.64. The van der Waals surface area contributed by atoms with Crippen LogP contribution in [0.2, 0.25) is 0 Å². The highest BCUT2D eigenvalue weighted by Crippen LogP contribution is 2.50. The molecule has 3 heterocycles. The van der Waals surface area contributed by atoms with Crippen LogP contribution in [0, 0.1) is 17.7 Å². The lowest BCUT2D eigenvalue weighted by Crippen LogP contribution is -2.27. The number of hydrogen-bond donors (Lipinski definition) is 2. The van der Waals surface area contributed by atoms with E-state index in [0.29, 0.717) is 24.2 Å². The summed E-state index contributed by atoms with van der Waals surface area (Å²) in [6.45, 7) is 1.53. The minimum atomic E-state index is -0.277. The molecule has 2 aliphatic rings. The molecular weight excluding hydrogens is 357 g/mol. The van der Waals surface area contributed by atoms with Crippen LogP contribution in [0.25, 0.3) is 11.1 Å². The second-order valence-corrected chi connectivity index (χ2v) is 7.86. The second kappa shape index (κ2) is 6.98. The highest BCUT2D eigenvalue weighted by atomic mass is 19.1. The molecule has 0 amide bonds. The van der Waals surface area contributed by atoms with Crippen LogP contribution in [0.15, 0.2) is 47.5 Å². The summed E-state index contributed by atoms with van der Waals surface area (Å²) in [6, 6.07) is 9.01. The van der Waals surface area contributed by atoms with Gasteiger partial charge in [0.05, 0.1) is 6.04 Å². The molecule has 1 aliphatic carbocycles. The molecule has 0 spiro atoms. The van der Waals surface area contributed by atoms with Gasteiger partial charge in [-0.1, -0.05) is 6.07 Å². The Bertz CT molecular complexity index is 1030. The molecule has 2 aromatic heterocycles. The Balaban J connectivity index is 1.44. The Kier molecular flexibility index (Phi) is 4.31. The van der Waals surface area contributed by atoms with Gasteiger partial charge in [0.2, 0.25) is 0 Å². The number of H-pyrrole nitrogens is 2. The molecule has 2 N–H and O–H groups in total. The molecule has 6 nitrogen and oxygen atoms in total. The van der Waals surface area contributed by atoms with E-state index in [4.69, 9.17) is 0 Å². The van der Waals surface area contributed by atoms with Gasteiger partial charge in [0.1, 0.15) is 11.6 Å². The molecule has 0 bridgehead atoms. The van der Waals surface area contributed by atoms with Gasteiger partial charge in [-0.05, 0) is 73.0 Å². The molecule has 2 unspecified atom stereocenters. The highest BCUT2D eigenvalue weighted by Gasteiger charge is 2.45. The Morgan fingerprint density at radius 2 is 2.07 bits per heavy atom. The van der Waals surface area contributed by atoms with Gasteiger partial charge in [-0.25, -0.2) is 14.3 Å². The van der Waals surface area contributed by atoms with Crippen LogP contribution in [0.1, 0.15) is 36.7 Å². The smallest absolute Gasteiger partial charge is 0.292 e. The first-order valence-corrected chi connectivity index (χ1v) is 9.76. The fourth-order valence-electron chi connectivity index (χ4n) is 4.55. The maximum Gasteiger partial charge on any atom is 0.340 e. The zero-order valence-electron chi connectivity index (χ0n) is 15.4. The molecule has 2 atom stereocenters. The number of pyridine rings is 1. The molecule has 2 fully saturated rings. The standard InChI is InChI=1S/C21H22FN5O/c22-17-9-13(8-16(10-17)15-2-1-6-23-11-15)12-27-7-5-18(14-3-4-14)19(27)20-24-21(28)26-25-20/h1-2,6,8-11,14,18-19H,3-5,7,12H2,(H2,24,25,26,28). The van der Waals surface area contributed by atoms with Gasteiger partial charge in [-0.2, -0.15) is 5.10 Å². The van der Waals surface area contributed by atoms with Gasteiger partial charge in [0, 0.05) is 24.5 Å². The predicted molar refractivity (Wildman–Crippen MR) is 103 cm³/mol. The van der Waals surface area contributed by atoms with E-state index >= 15 is 0 Å². The summed E-state index contributed by atoms with van der Waals surface area (Å²) in [5.41, 5.74) is 2.36. The number of rotatable bonds is 5. The van der Waals surface area contributed by atoms with Gasteiger partial charge in [-0.15, -0.1) is 0 Å². The fraction of sp³-hybridized carbons (Fsp3) is 0.381. The second-order valence-electron chi connectivity index (χ2n) is 7.86. The number of nitrogens with one attached hydrogen (secondary N) is 2. The van der Waals surface area contributed by atoms with E-state index in [2.05, 4.69) is 25.1 Å². The Hall–Kier alpha value is -2.80. The van der Waals surface area contributed by atoms with Crippen LogP contribution in [0.4, 0.5) is 4.39 Å². The zero-order valence-corrected chi connectivity index (χ0v) is 15.4. The van der Waals surface area contributed by atoms with Gasteiger partial charge in [0.25, 0.3) is 0 Å². The van der Waals surface area contributed by atoms with E-state index in [-0.39, 0.29) is 17.5 Å². The number of likely N-dealkylation sites (tertiary alicyclic amines) is 1. The Morgan fingerprint density at radius 3 is 2.79 bits per heavy atom. The summed E-state index contributed by atoms with van der Waals surface area (Å²) < 4.78 is 14.3. The van der Waals surface area contributed by atoms with E-state index in [1.807, 2.05) is 18.2 Å². The van der Waals surface area contributed by atoms with Crippen molar-refractivity contribution in [3.05, 3.63) is 70.4 Å². The molecule has 1 saturated heterocycles. The summed E-state index contributed by atoms with van der Waals surface area (Å²) >= 11 is 0. The molecule has 144 valence electrons. The van der Waals surface area contributed by atoms with Crippen molar-refractivity contribution in [2.75, 3.05) is 6.54 Å². The van der Waals surface area contributed by atoms with E-state index in [0.717, 1.165) is 29.7 Å². The average Bonchev–Trinajstić information content (AvgIpc) is 3.33. The molecule has 1 aliphatic heterocycles. The van der Waals surface area contributed by atoms with Crippen LogP contribution in [-0.4, -0.2) is 31.6 Å². The maximum atomic E-state index is 14.3. The number of benzene rings is 1. The summed E-state index contributed by atoms with van der Waals surface area (Å²) in [6.07, 6.45) is 7.02. The van der Waals surface area contributed by atoms with Gasteiger partial charge < -0.3 is 0 Å². The minimum absolute atomic E-state index is 0.0663. The third-order valence-corrected chi connectivity index (χ3v) is 5.91. The number of nitrogens with zero attached hydrogens (tertiary/aromatic N) is 3. The zero-order chi connectivity index (χ0) is 19.1. The average molecular weight is 379 g/mol. The lowest BCUT2D eigenvalue weighted by Gasteiger charge is -2.26. The van der Waals surface area contributed by atoms with Gasteiger partial charge in [-0.3, -0.25) is 14.9 Å². The normalized spacial score (nSPS) is 22.6. The maximum absolute atomic E-state index is 14.3. The van der Waals surface area contributed by atoms with Crippen molar-refractivity contribution in [3.63, 3.8) is 0 Å². The predicted octanol–water partition coefficient (Wildman–Crippen LogP) is 3.27. The van der Waals surface area contributed by atoms with Crippen molar-refractivity contribution >= 4 is 0 Å². The monoisotopic (exact) mass is 379 g/mol. The Labute approximate surface area is 161 Å². The Morgan fingerprint density at radius 1 is 1.18 bits per heavy atom. The number of aromatic nitrogens is 4. The first kappa shape index (κ1) is 17.3. The highest BCUT2D eigenvalue weighted by molar-refractivity contribution is 5.63. The molecule has 7 heteroatoms. The molecular formula is C21H22FN5O. The van der Waals surface area contributed by atoms with E-state index in [1.165, 1.54) is 12.8 Å². The largest absolute Gasteiger partial charge is 0.340 e. The van der Waals surface area contributed by atoms with Gasteiger partial charge in [0.15, 0.2) is 0 Å². The molecule has 1 aromatic carbocycles. The van der Waals surface area contributed by atoms with E-state index < -0.39 is 0 Å². The number of halogens is 1. The summed E-state index contributed by atoms with van der Waals surface area (Å²) in [4.78, 5) is 20.9. The van der Waals surface area contributed by atoms with Crippen molar-refractivity contribution in [1.82, 2.24) is 25.1 Å². The third-order valence-electron chi connectivity index (χ3n) is 5.91. The third kappa shape index (κ3) is 3.38. The molecule has 5 rings (SSSR count). The van der Waals surface area contributed by atoms with Crippen LogP contribution in [0.5, 0.6) is 0 Å². The number of hydrogen-bond acceptors (Lipinski definition) is 4. The molecule has 0 radical (unpaired) electrons. The van der Waals surface area contributed by atoms with Crippen molar-refractivity contribution in [2.24, 2.45) is 11.8 Å². The first-order chi connectivity index (χ1) is 13.7. The topological polar surface area (TPSA) is 77.7 Å².